The van der Waals surface area contributed by atoms with Gasteiger partial charge in [0, 0.05) is 5.56 Å². The average Bonchev–Trinajstić information content (AvgIpc) is 2.60. The number of sulfone groups is 1. The number of carbonyl (C=O) groups excluding carboxylic acids is 1. The summed E-state index contributed by atoms with van der Waals surface area (Å²) in [5.41, 5.74) is 1.15. The molecular weight excluding hydrogens is 352 g/mol. The van der Waals surface area contributed by atoms with Crippen molar-refractivity contribution in [2.24, 2.45) is 0 Å². The van der Waals surface area contributed by atoms with Crippen LogP contribution in [0.1, 0.15) is 15.9 Å². The normalized spacial score (nSPS) is 11.4. The molecular formula is C17H17F2NO4S. The number of carbonyl (C=O) groups is 1. The quantitative estimate of drug-likeness (QED) is 0.762. The number of alkyl halides is 2. The molecule has 134 valence electrons. The van der Waals surface area contributed by atoms with Gasteiger partial charge in [0.25, 0.3) is 5.91 Å². The van der Waals surface area contributed by atoms with Crippen molar-refractivity contribution in [3.05, 3.63) is 59.7 Å². The van der Waals surface area contributed by atoms with Gasteiger partial charge in [-0.3, -0.25) is 4.79 Å². The first-order valence-electron chi connectivity index (χ1n) is 7.41. The van der Waals surface area contributed by atoms with Gasteiger partial charge >= 0.3 is 5.76 Å². The monoisotopic (exact) mass is 369 g/mol. The highest BCUT2D eigenvalue weighted by Crippen LogP contribution is 2.18. The number of benzene rings is 2. The van der Waals surface area contributed by atoms with Gasteiger partial charge in [-0.1, -0.05) is 18.2 Å². The van der Waals surface area contributed by atoms with Crippen LogP contribution in [0.2, 0.25) is 0 Å². The Balaban J connectivity index is 1.88. The van der Waals surface area contributed by atoms with Gasteiger partial charge in [0.05, 0.1) is 11.4 Å². The van der Waals surface area contributed by atoms with E-state index in [1.54, 1.807) is 0 Å². The van der Waals surface area contributed by atoms with Crippen molar-refractivity contribution >= 4 is 15.7 Å². The molecule has 8 heteroatoms. The van der Waals surface area contributed by atoms with Crippen LogP contribution in [0.4, 0.5) is 8.78 Å². The minimum absolute atomic E-state index is 0.170. The summed E-state index contributed by atoms with van der Waals surface area (Å²) in [5.74, 6) is -3.22. The molecule has 0 bridgehead atoms. The second-order valence-electron chi connectivity index (χ2n) is 5.20. The van der Waals surface area contributed by atoms with Crippen molar-refractivity contribution in [2.75, 3.05) is 13.2 Å². The molecule has 1 amide bonds. The molecule has 25 heavy (non-hydrogen) atoms. The molecule has 0 aromatic heterocycles. The summed E-state index contributed by atoms with van der Waals surface area (Å²) in [7, 11) is -4.66. The maximum Gasteiger partial charge on any atom is 0.341 e. The fourth-order valence-electron chi connectivity index (χ4n) is 2.04. The summed E-state index contributed by atoms with van der Waals surface area (Å²) in [6, 6.07) is 11.8. The van der Waals surface area contributed by atoms with Gasteiger partial charge in [-0.25, -0.2) is 8.42 Å². The lowest BCUT2D eigenvalue weighted by molar-refractivity contribution is 0.0947. The SMILES string of the molecule is Cc1ccccc1OCCNC(=O)c1ccc(S(=O)(=O)C(F)F)cc1. The van der Waals surface area contributed by atoms with Crippen LogP contribution in [0.25, 0.3) is 0 Å². The lowest BCUT2D eigenvalue weighted by Gasteiger charge is -2.10. The van der Waals surface area contributed by atoms with Crippen molar-refractivity contribution in [1.82, 2.24) is 5.32 Å². The predicted molar refractivity (Wildman–Crippen MR) is 88.6 cm³/mol. The van der Waals surface area contributed by atoms with E-state index in [0.717, 1.165) is 23.4 Å². The molecule has 0 saturated heterocycles. The summed E-state index contributed by atoms with van der Waals surface area (Å²) in [6.07, 6.45) is 0. The number of halogens is 2. The molecule has 0 unspecified atom stereocenters. The number of amides is 1. The molecule has 0 atom stereocenters. The summed E-state index contributed by atoms with van der Waals surface area (Å²) >= 11 is 0. The average molecular weight is 369 g/mol. The zero-order valence-corrected chi connectivity index (χ0v) is 14.2. The third-order valence-electron chi connectivity index (χ3n) is 3.42. The van der Waals surface area contributed by atoms with Crippen LogP contribution in [0.15, 0.2) is 53.4 Å². The van der Waals surface area contributed by atoms with Crippen molar-refractivity contribution in [3.63, 3.8) is 0 Å². The van der Waals surface area contributed by atoms with Crippen LogP contribution in [0, 0.1) is 6.92 Å². The van der Waals surface area contributed by atoms with Crippen LogP contribution in [0.3, 0.4) is 0 Å². The number of nitrogens with one attached hydrogen (secondary N) is 1. The molecule has 2 aromatic rings. The third kappa shape index (κ3) is 4.76. The highest BCUT2D eigenvalue weighted by Gasteiger charge is 2.26. The molecule has 0 aliphatic heterocycles. The second kappa shape index (κ2) is 8.06. The highest BCUT2D eigenvalue weighted by atomic mass is 32.2. The van der Waals surface area contributed by atoms with Crippen LogP contribution in [-0.2, 0) is 9.84 Å². The summed E-state index contributed by atoms with van der Waals surface area (Å²) in [4.78, 5) is 11.4. The summed E-state index contributed by atoms with van der Waals surface area (Å²) in [5, 5.41) is 2.61. The van der Waals surface area contributed by atoms with Crippen molar-refractivity contribution in [1.29, 1.82) is 0 Å². The Kier molecular flexibility index (Phi) is 6.08. The second-order valence-corrected chi connectivity index (χ2v) is 7.12. The van der Waals surface area contributed by atoms with Gasteiger partial charge in [-0.2, -0.15) is 8.78 Å². The van der Waals surface area contributed by atoms with Crippen LogP contribution < -0.4 is 10.1 Å². The number of para-hydroxylation sites is 1. The number of ether oxygens (including phenoxy) is 1. The molecule has 0 radical (unpaired) electrons. The largest absolute Gasteiger partial charge is 0.491 e. The zero-order valence-electron chi connectivity index (χ0n) is 13.4. The third-order valence-corrected chi connectivity index (χ3v) is 4.82. The first kappa shape index (κ1) is 18.9. The van der Waals surface area contributed by atoms with Gasteiger partial charge in [0.2, 0.25) is 9.84 Å². The number of hydrogen-bond acceptors (Lipinski definition) is 4. The van der Waals surface area contributed by atoms with Gasteiger partial charge < -0.3 is 10.1 Å². The highest BCUT2D eigenvalue weighted by molar-refractivity contribution is 7.91. The van der Waals surface area contributed by atoms with Crippen molar-refractivity contribution in [2.45, 2.75) is 17.6 Å². The van der Waals surface area contributed by atoms with E-state index in [-0.39, 0.29) is 18.7 Å². The number of aryl methyl sites for hydroxylation is 1. The first-order chi connectivity index (χ1) is 11.8. The fraction of sp³-hybridized carbons (Fsp3) is 0.235. The Bertz CT molecular complexity index is 836. The standard InChI is InChI=1S/C17H17F2NO4S/c1-12-4-2-3-5-15(12)24-11-10-20-16(21)13-6-8-14(9-7-13)25(22,23)17(18)19/h2-9,17H,10-11H2,1H3,(H,20,21). The molecule has 0 saturated carbocycles. The topological polar surface area (TPSA) is 72.5 Å². The maximum absolute atomic E-state index is 12.5. The molecule has 0 aliphatic rings. The molecule has 0 heterocycles. The zero-order chi connectivity index (χ0) is 18.4. The van der Waals surface area contributed by atoms with Gasteiger partial charge in [0.15, 0.2) is 0 Å². The number of rotatable bonds is 7. The molecule has 1 N–H and O–H groups in total. The Hall–Kier alpha value is -2.48. The van der Waals surface area contributed by atoms with E-state index < -0.39 is 26.4 Å². The van der Waals surface area contributed by atoms with Crippen molar-refractivity contribution in [3.8, 4) is 5.75 Å². The van der Waals surface area contributed by atoms with E-state index in [1.165, 1.54) is 12.1 Å². The number of hydrogen-bond donors (Lipinski definition) is 1. The molecule has 0 spiro atoms. The minimum Gasteiger partial charge on any atom is -0.491 e. The molecule has 5 nitrogen and oxygen atoms in total. The fourth-order valence-corrected chi connectivity index (χ4v) is 2.77. The van der Waals surface area contributed by atoms with Gasteiger partial charge in [-0.15, -0.1) is 0 Å². The minimum atomic E-state index is -4.66. The van der Waals surface area contributed by atoms with Crippen molar-refractivity contribution < 1.29 is 26.7 Å². The lowest BCUT2D eigenvalue weighted by atomic mass is 10.2. The van der Waals surface area contributed by atoms with E-state index in [2.05, 4.69) is 5.32 Å². The Morgan fingerprint density at radius 3 is 2.36 bits per heavy atom. The van der Waals surface area contributed by atoms with Gasteiger partial charge in [-0.05, 0) is 42.8 Å². The Morgan fingerprint density at radius 1 is 1.12 bits per heavy atom. The van der Waals surface area contributed by atoms with Gasteiger partial charge in [0.1, 0.15) is 12.4 Å². The lowest BCUT2D eigenvalue weighted by Crippen LogP contribution is -2.28. The summed E-state index contributed by atoms with van der Waals surface area (Å²) in [6.45, 7) is 2.40. The maximum atomic E-state index is 12.5. The van der Waals surface area contributed by atoms with E-state index in [9.17, 15) is 22.0 Å². The molecule has 0 fully saturated rings. The van der Waals surface area contributed by atoms with Crippen LogP contribution >= 0.6 is 0 Å². The van der Waals surface area contributed by atoms with Crippen LogP contribution in [-0.4, -0.2) is 33.2 Å². The predicted octanol–water partition coefficient (Wildman–Crippen LogP) is 2.80. The molecule has 2 rings (SSSR count). The summed E-state index contributed by atoms with van der Waals surface area (Å²) < 4.78 is 53.1. The van der Waals surface area contributed by atoms with E-state index in [1.807, 2.05) is 31.2 Å². The molecule has 2 aromatic carbocycles. The Labute approximate surface area is 144 Å². The Morgan fingerprint density at radius 2 is 1.76 bits per heavy atom. The van der Waals surface area contributed by atoms with E-state index >= 15 is 0 Å². The first-order valence-corrected chi connectivity index (χ1v) is 8.96. The van der Waals surface area contributed by atoms with Crippen LogP contribution in [0.5, 0.6) is 5.75 Å². The van der Waals surface area contributed by atoms with E-state index in [4.69, 9.17) is 4.74 Å². The molecule has 0 aliphatic carbocycles. The smallest absolute Gasteiger partial charge is 0.341 e. The van der Waals surface area contributed by atoms with E-state index in [0.29, 0.717) is 0 Å².